The van der Waals surface area contributed by atoms with Gasteiger partial charge in [-0.3, -0.25) is 9.59 Å². The van der Waals surface area contributed by atoms with Gasteiger partial charge >= 0.3 is 0 Å². The molecule has 1 aromatic rings. The Balaban J connectivity index is 2.11. The summed E-state index contributed by atoms with van der Waals surface area (Å²) in [5.74, 6) is -0.148. The molecule has 0 bridgehead atoms. The standard InChI is InChI=1S/C19H20O7/c1-19(2)6-5-12-16(20)15-13(17(21)18(12)26-19)7-11(24-9-22-3)8-14(15)25-10-23-4/h5-8H,9-10H2,1-4H3. The number of carbonyl (C=O) groups is 2. The largest absolute Gasteiger partial charge is 0.479 e. The molecule has 138 valence electrons. The zero-order chi connectivity index (χ0) is 18.9. The van der Waals surface area contributed by atoms with Gasteiger partial charge < -0.3 is 23.7 Å². The van der Waals surface area contributed by atoms with Gasteiger partial charge in [-0.25, -0.2) is 0 Å². The third-order valence-electron chi connectivity index (χ3n) is 3.94. The van der Waals surface area contributed by atoms with Gasteiger partial charge in [-0.1, -0.05) is 0 Å². The maximum Gasteiger partial charge on any atom is 0.229 e. The molecule has 1 aliphatic heterocycles. The van der Waals surface area contributed by atoms with Crippen LogP contribution >= 0.6 is 0 Å². The minimum absolute atomic E-state index is 0.00907. The summed E-state index contributed by atoms with van der Waals surface area (Å²) in [5.41, 5.74) is -0.121. The molecule has 1 heterocycles. The number of fused-ring (bicyclic) bond motifs is 1. The Morgan fingerprint density at radius 2 is 1.69 bits per heavy atom. The second-order valence-corrected chi connectivity index (χ2v) is 6.39. The molecule has 0 atom stereocenters. The molecule has 1 aromatic carbocycles. The summed E-state index contributed by atoms with van der Waals surface area (Å²) in [6.07, 6.45) is 3.37. The summed E-state index contributed by atoms with van der Waals surface area (Å²) in [6.45, 7) is 3.54. The zero-order valence-electron chi connectivity index (χ0n) is 15.1. The van der Waals surface area contributed by atoms with E-state index in [0.717, 1.165) is 0 Å². The molecule has 3 rings (SSSR count). The van der Waals surface area contributed by atoms with E-state index in [4.69, 9.17) is 23.7 Å². The number of rotatable bonds is 6. The predicted octanol–water partition coefficient (Wildman–Crippen LogP) is 2.65. The highest BCUT2D eigenvalue weighted by Gasteiger charge is 2.39. The normalized spacial score (nSPS) is 17.5. The Bertz CT molecular complexity index is 817. The second-order valence-electron chi connectivity index (χ2n) is 6.39. The first kappa shape index (κ1) is 18.2. The van der Waals surface area contributed by atoms with Crippen molar-refractivity contribution in [3.63, 3.8) is 0 Å². The van der Waals surface area contributed by atoms with Crippen LogP contribution in [0.3, 0.4) is 0 Å². The van der Waals surface area contributed by atoms with Crippen LogP contribution in [0.2, 0.25) is 0 Å². The molecule has 0 aromatic heterocycles. The molecule has 2 aliphatic rings. The molecule has 1 aliphatic carbocycles. The predicted molar refractivity (Wildman–Crippen MR) is 91.4 cm³/mol. The summed E-state index contributed by atoms with van der Waals surface area (Å²) < 4.78 is 26.5. The van der Waals surface area contributed by atoms with Crippen molar-refractivity contribution in [2.75, 3.05) is 27.8 Å². The van der Waals surface area contributed by atoms with Gasteiger partial charge in [0, 0.05) is 25.8 Å². The van der Waals surface area contributed by atoms with Crippen molar-refractivity contribution in [3.8, 4) is 11.5 Å². The number of carbonyl (C=O) groups excluding carboxylic acids is 2. The Kier molecular flexibility index (Phi) is 4.84. The van der Waals surface area contributed by atoms with Gasteiger partial charge in [-0.05, 0) is 32.1 Å². The van der Waals surface area contributed by atoms with Crippen LogP contribution in [0, 0.1) is 0 Å². The van der Waals surface area contributed by atoms with Gasteiger partial charge in [0.2, 0.25) is 11.6 Å². The quantitative estimate of drug-likeness (QED) is 0.722. The molecule has 0 saturated carbocycles. The van der Waals surface area contributed by atoms with E-state index in [9.17, 15) is 9.59 Å². The summed E-state index contributed by atoms with van der Waals surface area (Å²) in [4.78, 5) is 26.0. The molecule has 0 spiro atoms. The van der Waals surface area contributed by atoms with Crippen molar-refractivity contribution in [2.24, 2.45) is 0 Å². The summed E-state index contributed by atoms with van der Waals surface area (Å²) in [5, 5.41) is 0. The smallest absolute Gasteiger partial charge is 0.229 e. The molecule has 0 amide bonds. The molecule has 0 N–H and O–H groups in total. The van der Waals surface area contributed by atoms with Crippen molar-refractivity contribution < 1.29 is 33.3 Å². The zero-order valence-corrected chi connectivity index (χ0v) is 15.1. The number of hydrogen-bond donors (Lipinski definition) is 0. The maximum absolute atomic E-state index is 13.0. The van der Waals surface area contributed by atoms with Gasteiger partial charge in [0.15, 0.2) is 19.3 Å². The SMILES string of the molecule is COCOc1cc(OCOC)c2c(c1)C(=O)C1=C(C=CC(C)(C)O1)C2=O. The van der Waals surface area contributed by atoms with Crippen LogP contribution in [0.15, 0.2) is 35.6 Å². The lowest BCUT2D eigenvalue weighted by atomic mass is 9.85. The van der Waals surface area contributed by atoms with Crippen LogP contribution in [-0.4, -0.2) is 45.0 Å². The first-order valence-corrected chi connectivity index (χ1v) is 8.01. The third-order valence-corrected chi connectivity index (χ3v) is 3.94. The highest BCUT2D eigenvalue weighted by atomic mass is 16.7. The molecule has 0 unspecified atom stereocenters. The van der Waals surface area contributed by atoms with Gasteiger partial charge in [0.25, 0.3) is 0 Å². The van der Waals surface area contributed by atoms with Crippen molar-refractivity contribution in [1.82, 2.24) is 0 Å². The van der Waals surface area contributed by atoms with Crippen molar-refractivity contribution in [1.29, 1.82) is 0 Å². The van der Waals surface area contributed by atoms with Gasteiger partial charge in [-0.2, -0.15) is 0 Å². The average Bonchev–Trinajstić information content (AvgIpc) is 2.61. The highest BCUT2D eigenvalue weighted by Crippen LogP contribution is 2.40. The molecular formula is C19H20O7. The number of benzene rings is 1. The van der Waals surface area contributed by atoms with Crippen LogP contribution in [-0.2, 0) is 14.2 Å². The highest BCUT2D eigenvalue weighted by molar-refractivity contribution is 6.28. The Morgan fingerprint density at radius 1 is 1.00 bits per heavy atom. The van der Waals surface area contributed by atoms with Crippen LogP contribution in [0.1, 0.15) is 34.6 Å². The Labute approximate surface area is 151 Å². The van der Waals surface area contributed by atoms with E-state index in [1.54, 1.807) is 12.2 Å². The molecule has 0 radical (unpaired) electrons. The minimum Gasteiger partial charge on any atom is -0.479 e. The van der Waals surface area contributed by atoms with Gasteiger partial charge in [0.05, 0.1) is 11.1 Å². The van der Waals surface area contributed by atoms with E-state index in [1.165, 1.54) is 26.4 Å². The second kappa shape index (κ2) is 6.93. The van der Waals surface area contributed by atoms with E-state index in [2.05, 4.69) is 0 Å². The first-order chi connectivity index (χ1) is 12.4. The molecule has 0 fully saturated rings. The minimum atomic E-state index is -0.675. The van der Waals surface area contributed by atoms with Crippen LogP contribution in [0.4, 0.5) is 0 Å². The maximum atomic E-state index is 13.0. The number of ether oxygens (including phenoxy) is 5. The lowest BCUT2D eigenvalue weighted by molar-refractivity contribution is 0.0443. The van der Waals surface area contributed by atoms with E-state index in [-0.39, 0.29) is 47.6 Å². The number of hydrogen-bond acceptors (Lipinski definition) is 7. The lowest BCUT2D eigenvalue weighted by Gasteiger charge is -2.31. The average molecular weight is 360 g/mol. The number of methoxy groups -OCH3 is 2. The Hall–Kier alpha value is -2.64. The van der Waals surface area contributed by atoms with E-state index < -0.39 is 11.4 Å². The fourth-order valence-corrected chi connectivity index (χ4v) is 2.77. The fourth-order valence-electron chi connectivity index (χ4n) is 2.77. The lowest BCUT2D eigenvalue weighted by Crippen LogP contribution is -2.33. The molecule has 0 saturated heterocycles. The van der Waals surface area contributed by atoms with Gasteiger partial charge in [0.1, 0.15) is 17.1 Å². The molecule has 7 nitrogen and oxygen atoms in total. The summed E-state index contributed by atoms with van der Waals surface area (Å²) in [6, 6.07) is 3.03. The van der Waals surface area contributed by atoms with Crippen molar-refractivity contribution in [3.05, 3.63) is 46.7 Å². The third kappa shape index (κ3) is 3.23. The first-order valence-electron chi connectivity index (χ1n) is 8.01. The molecule has 26 heavy (non-hydrogen) atoms. The number of Topliss-reactive ketones (excluding diaryl/α,β-unsaturated/α-hetero) is 2. The summed E-state index contributed by atoms with van der Waals surface area (Å²) in [7, 11) is 2.95. The fraction of sp³-hybridized carbons (Fsp3) is 0.368. The molecule has 7 heteroatoms. The van der Waals surface area contributed by atoms with Gasteiger partial charge in [-0.15, -0.1) is 0 Å². The molecular weight excluding hydrogens is 340 g/mol. The number of ketones is 2. The Morgan fingerprint density at radius 3 is 2.38 bits per heavy atom. The van der Waals surface area contributed by atoms with Crippen molar-refractivity contribution in [2.45, 2.75) is 19.4 Å². The van der Waals surface area contributed by atoms with Crippen molar-refractivity contribution >= 4 is 11.6 Å². The van der Waals surface area contributed by atoms with E-state index >= 15 is 0 Å². The topological polar surface area (TPSA) is 80.3 Å². The van der Waals surface area contributed by atoms with E-state index in [1.807, 2.05) is 13.8 Å². The van der Waals surface area contributed by atoms with Crippen LogP contribution in [0.25, 0.3) is 0 Å². The van der Waals surface area contributed by atoms with E-state index in [0.29, 0.717) is 5.75 Å². The monoisotopic (exact) mass is 360 g/mol. The van der Waals surface area contributed by atoms with Crippen LogP contribution < -0.4 is 9.47 Å². The number of allylic oxidation sites excluding steroid dienone is 3. The summed E-state index contributed by atoms with van der Waals surface area (Å²) >= 11 is 0. The van der Waals surface area contributed by atoms with Crippen LogP contribution in [0.5, 0.6) is 11.5 Å².